The number of rotatable bonds is 4. The summed E-state index contributed by atoms with van der Waals surface area (Å²) in [7, 11) is 0. The normalized spacial score (nSPS) is 24.5. The number of carboxylic acid groups (broad SMARTS) is 1. The third kappa shape index (κ3) is 2.70. The number of benzene rings is 1. The largest absolute Gasteiger partial charge is 0.481 e. The first kappa shape index (κ1) is 15.3. The molecule has 22 heavy (non-hydrogen) atoms. The molecule has 1 aromatic carbocycles. The van der Waals surface area contributed by atoms with Crippen molar-refractivity contribution in [2.24, 2.45) is 5.92 Å². The fraction of sp³-hybridized carbons (Fsp3) is 0.500. The van der Waals surface area contributed by atoms with Crippen LogP contribution in [0.2, 0.25) is 5.02 Å². The Morgan fingerprint density at radius 2 is 2.18 bits per heavy atom. The second-order valence-electron chi connectivity index (χ2n) is 6.11. The Balaban J connectivity index is 1.81. The fourth-order valence-corrected chi connectivity index (χ4v) is 3.97. The maximum atomic E-state index is 14.0. The van der Waals surface area contributed by atoms with Gasteiger partial charge in [-0.1, -0.05) is 17.7 Å². The van der Waals surface area contributed by atoms with Crippen LogP contribution < -0.4 is 0 Å². The van der Waals surface area contributed by atoms with Gasteiger partial charge >= 0.3 is 5.97 Å². The van der Waals surface area contributed by atoms with E-state index in [1.165, 1.54) is 18.2 Å². The van der Waals surface area contributed by atoms with Gasteiger partial charge in [-0.05, 0) is 37.3 Å². The molecule has 1 aliphatic carbocycles. The number of nitrogens with zero attached hydrogens (tertiary/aromatic N) is 1. The first-order valence-corrected chi connectivity index (χ1v) is 7.81. The van der Waals surface area contributed by atoms with Crippen molar-refractivity contribution >= 4 is 23.5 Å². The number of fused-ring (bicyclic) bond motifs is 2. The topological polar surface area (TPSA) is 57.6 Å². The highest BCUT2D eigenvalue weighted by Crippen LogP contribution is 2.39. The van der Waals surface area contributed by atoms with Crippen LogP contribution in [0, 0.1) is 11.7 Å². The molecule has 0 aromatic heterocycles. The van der Waals surface area contributed by atoms with Gasteiger partial charge in [-0.2, -0.15) is 0 Å². The summed E-state index contributed by atoms with van der Waals surface area (Å²) in [5.74, 6) is -2.85. The zero-order chi connectivity index (χ0) is 15.9. The number of piperidine rings is 1. The monoisotopic (exact) mass is 325 g/mol. The number of halogens is 2. The number of carbonyl (C=O) groups is 2. The maximum absolute atomic E-state index is 14.0. The van der Waals surface area contributed by atoms with E-state index in [0.717, 1.165) is 19.3 Å². The molecule has 1 saturated carbocycles. The van der Waals surface area contributed by atoms with E-state index < -0.39 is 17.7 Å². The predicted octanol–water partition coefficient (Wildman–Crippen LogP) is 3.05. The minimum atomic E-state index is -1.25. The zero-order valence-electron chi connectivity index (χ0n) is 12.0. The van der Waals surface area contributed by atoms with E-state index in [9.17, 15) is 19.1 Å². The van der Waals surface area contributed by atoms with Gasteiger partial charge in [-0.15, -0.1) is 0 Å². The predicted molar refractivity (Wildman–Crippen MR) is 79.2 cm³/mol. The number of carbonyl (C=O) groups excluding carboxylic acids is 1. The van der Waals surface area contributed by atoms with Crippen molar-refractivity contribution in [3.05, 3.63) is 34.6 Å². The molecule has 1 saturated heterocycles. The molecule has 1 aromatic rings. The van der Waals surface area contributed by atoms with Gasteiger partial charge in [0.15, 0.2) is 0 Å². The Morgan fingerprint density at radius 3 is 2.73 bits per heavy atom. The highest BCUT2D eigenvalue weighted by atomic mass is 35.5. The minimum absolute atomic E-state index is 0.0446. The van der Waals surface area contributed by atoms with E-state index in [-0.39, 0.29) is 29.0 Å². The average Bonchev–Trinajstić information content (AvgIpc) is 3.08. The molecular weight excluding hydrogens is 309 g/mol. The Kier molecular flexibility index (Phi) is 4.08. The van der Waals surface area contributed by atoms with Gasteiger partial charge in [0.1, 0.15) is 5.82 Å². The van der Waals surface area contributed by atoms with Crippen molar-refractivity contribution in [3.8, 4) is 0 Å². The number of hydrogen-bond acceptors (Lipinski definition) is 2. The lowest BCUT2D eigenvalue weighted by atomic mass is 9.94. The van der Waals surface area contributed by atoms with Crippen LogP contribution in [0.1, 0.15) is 37.2 Å². The average molecular weight is 326 g/mol. The van der Waals surface area contributed by atoms with Crippen molar-refractivity contribution < 1.29 is 19.1 Å². The molecule has 3 atom stereocenters. The third-order valence-electron chi connectivity index (χ3n) is 4.75. The zero-order valence-corrected chi connectivity index (χ0v) is 12.7. The van der Waals surface area contributed by atoms with Gasteiger partial charge in [0, 0.05) is 29.6 Å². The van der Waals surface area contributed by atoms with E-state index in [2.05, 4.69) is 0 Å². The SMILES string of the molecule is O=C(O)C(CC(=O)N1CC2CCC1C2)c1c(F)cccc1Cl. The van der Waals surface area contributed by atoms with Crippen LogP contribution in [0.25, 0.3) is 0 Å². The van der Waals surface area contributed by atoms with Crippen molar-refractivity contribution in [2.75, 3.05) is 6.54 Å². The lowest BCUT2D eigenvalue weighted by Crippen LogP contribution is -2.39. The second kappa shape index (κ2) is 5.88. The van der Waals surface area contributed by atoms with E-state index in [4.69, 9.17) is 11.6 Å². The molecule has 118 valence electrons. The first-order valence-electron chi connectivity index (χ1n) is 7.43. The molecule has 2 bridgehead atoms. The first-order chi connectivity index (χ1) is 10.5. The number of hydrogen-bond donors (Lipinski definition) is 1. The van der Waals surface area contributed by atoms with E-state index in [1.54, 1.807) is 4.90 Å². The molecule has 6 heteroatoms. The van der Waals surface area contributed by atoms with Crippen molar-refractivity contribution in [1.29, 1.82) is 0 Å². The standard InChI is InChI=1S/C16H17ClFNO3/c17-12-2-1-3-13(18)15(12)11(16(21)22)7-14(20)19-8-9-4-5-10(19)6-9/h1-3,9-11H,4-8H2,(H,21,22). The molecule has 3 rings (SSSR count). The summed E-state index contributed by atoms with van der Waals surface area (Å²) in [4.78, 5) is 25.7. The van der Waals surface area contributed by atoms with Crippen LogP contribution in [-0.2, 0) is 9.59 Å². The minimum Gasteiger partial charge on any atom is -0.481 e. The number of aliphatic carboxylic acids is 1. The summed E-state index contributed by atoms with van der Waals surface area (Å²) < 4.78 is 14.0. The van der Waals surface area contributed by atoms with Crippen LogP contribution in [-0.4, -0.2) is 34.5 Å². The van der Waals surface area contributed by atoms with Gasteiger partial charge in [0.2, 0.25) is 5.91 Å². The lowest BCUT2D eigenvalue weighted by Gasteiger charge is -2.28. The summed E-state index contributed by atoms with van der Waals surface area (Å²) in [6, 6.07) is 4.25. The van der Waals surface area contributed by atoms with E-state index in [1.807, 2.05) is 0 Å². The lowest BCUT2D eigenvalue weighted by molar-refractivity contribution is -0.143. The van der Waals surface area contributed by atoms with Crippen LogP contribution in [0.4, 0.5) is 4.39 Å². The molecule has 3 unspecified atom stereocenters. The third-order valence-corrected chi connectivity index (χ3v) is 5.08. The number of likely N-dealkylation sites (tertiary alicyclic amines) is 1. The van der Waals surface area contributed by atoms with E-state index in [0.29, 0.717) is 12.5 Å². The molecule has 2 aliphatic rings. The summed E-state index contributed by atoms with van der Waals surface area (Å²) in [6.07, 6.45) is 2.87. The fourth-order valence-electron chi connectivity index (χ4n) is 3.68. The molecule has 2 fully saturated rings. The van der Waals surface area contributed by atoms with Gasteiger partial charge < -0.3 is 10.0 Å². The van der Waals surface area contributed by atoms with Crippen LogP contribution in [0.15, 0.2) is 18.2 Å². The Bertz CT molecular complexity index is 601. The maximum Gasteiger partial charge on any atom is 0.311 e. The molecule has 1 heterocycles. The summed E-state index contributed by atoms with van der Waals surface area (Å²) in [6.45, 7) is 0.695. The van der Waals surface area contributed by atoms with Gasteiger partial charge in [-0.25, -0.2) is 4.39 Å². The highest BCUT2D eigenvalue weighted by molar-refractivity contribution is 6.31. The molecular formula is C16H17ClFNO3. The molecule has 4 nitrogen and oxygen atoms in total. The highest BCUT2D eigenvalue weighted by Gasteiger charge is 2.41. The van der Waals surface area contributed by atoms with Crippen molar-refractivity contribution in [2.45, 2.75) is 37.6 Å². The summed E-state index contributed by atoms with van der Waals surface area (Å²) in [5.41, 5.74) is -0.102. The summed E-state index contributed by atoms with van der Waals surface area (Å²) in [5, 5.41) is 9.45. The molecule has 0 spiro atoms. The quantitative estimate of drug-likeness (QED) is 0.925. The number of amides is 1. The Morgan fingerprint density at radius 1 is 1.41 bits per heavy atom. The van der Waals surface area contributed by atoms with Crippen molar-refractivity contribution in [3.63, 3.8) is 0 Å². The Labute approximate surface area is 132 Å². The second-order valence-corrected chi connectivity index (χ2v) is 6.52. The smallest absolute Gasteiger partial charge is 0.311 e. The van der Waals surface area contributed by atoms with E-state index >= 15 is 0 Å². The van der Waals surface area contributed by atoms with Gasteiger partial charge in [0.05, 0.1) is 5.92 Å². The molecule has 0 radical (unpaired) electrons. The van der Waals surface area contributed by atoms with Crippen LogP contribution in [0.5, 0.6) is 0 Å². The molecule has 1 N–H and O–H groups in total. The number of carboxylic acids is 1. The van der Waals surface area contributed by atoms with Crippen molar-refractivity contribution in [1.82, 2.24) is 4.90 Å². The van der Waals surface area contributed by atoms with Gasteiger partial charge in [-0.3, -0.25) is 9.59 Å². The van der Waals surface area contributed by atoms with Crippen LogP contribution >= 0.6 is 11.6 Å². The molecule has 1 amide bonds. The molecule has 1 aliphatic heterocycles. The summed E-state index contributed by atoms with van der Waals surface area (Å²) >= 11 is 5.95. The van der Waals surface area contributed by atoms with Gasteiger partial charge in [0.25, 0.3) is 0 Å². The Hall–Kier alpha value is -1.62. The van der Waals surface area contributed by atoms with Crippen LogP contribution in [0.3, 0.4) is 0 Å².